The third-order valence-electron chi connectivity index (χ3n) is 2.96. The molecule has 1 heterocycles. The van der Waals surface area contributed by atoms with Crippen LogP contribution in [0.3, 0.4) is 0 Å². The van der Waals surface area contributed by atoms with Gasteiger partial charge in [0.25, 0.3) is 5.91 Å². The number of carbonyl (C=O) groups is 1. The fourth-order valence-corrected chi connectivity index (χ4v) is 2.34. The summed E-state index contributed by atoms with van der Waals surface area (Å²) in [5.74, 6) is 0.792. The first-order valence-corrected chi connectivity index (χ1v) is 6.74. The van der Waals surface area contributed by atoms with Crippen LogP contribution in [0.15, 0.2) is 47.1 Å². The van der Waals surface area contributed by atoms with Crippen LogP contribution in [0.2, 0.25) is 0 Å². The molecule has 0 fully saturated rings. The van der Waals surface area contributed by atoms with E-state index in [2.05, 4.69) is 22.6 Å². The normalized spacial score (nSPS) is 12.2. The lowest BCUT2D eigenvalue weighted by molar-refractivity contribution is 0.0725. The van der Waals surface area contributed by atoms with Gasteiger partial charge in [-0.2, -0.15) is 0 Å². The minimum absolute atomic E-state index is 0.00361. The zero-order valence-electron chi connectivity index (χ0n) is 10.3. The molecule has 2 aromatic rings. The average Bonchev–Trinajstić information content (AvgIpc) is 2.90. The number of rotatable bonds is 3. The van der Waals surface area contributed by atoms with Gasteiger partial charge in [0, 0.05) is 10.6 Å². The predicted molar refractivity (Wildman–Crippen MR) is 78.4 cm³/mol. The summed E-state index contributed by atoms with van der Waals surface area (Å²) in [5, 5.41) is 0. The summed E-state index contributed by atoms with van der Waals surface area (Å²) >= 11 is 2.17. The highest BCUT2D eigenvalue weighted by molar-refractivity contribution is 14.1. The average molecular weight is 355 g/mol. The van der Waals surface area contributed by atoms with Crippen molar-refractivity contribution in [3.63, 3.8) is 0 Å². The summed E-state index contributed by atoms with van der Waals surface area (Å²) in [5.41, 5.74) is 0.721. The molecule has 2 rings (SSSR count). The second-order valence-corrected chi connectivity index (χ2v) is 5.25. The molecule has 0 radical (unpaired) electrons. The van der Waals surface area contributed by atoms with Crippen molar-refractivity contribution in [1.82, 2.24) is 4.90 Å². The third-order valence-corrected chi connectivity index (χ3v) is 3.90. The molecule has 1 atom stereocenters. The number of benzene rings is 1. The first kappa shape index (κ1) is 13.1. The molecule has 1 unspecified atom stereocenters. The molecule has 0 saturated heterocycles. The summed E-state index contributed by atoms with van der Waals surface area (Å²) in [6.45, 7) is 1.95. The molecule has 18 heavy (non-hydrogen) atoms. The van der Waals surface area contributed by atoms with Crippen molar-refractivity contribution in [2.75, 3.05) is 7.05 Å². The minimum atomic E-state index is -0.0801. The largest absolute Gasteiger partial charge is 0.467 e. The highest BCUT2D eigenvalue weighted by Crippen LogP contribution is 2.22. The fourth-order valence-electron chi connectivity index (χ4n) is 1.72. The van der Waals surface area contributed by atoms with Crippen LogP contribution < -0.4 is 0 Å². The molecule has 0 aliphatic carbocycles. The second kappa shape index (κ2) is 5.56. The Balaban J connectivity index is 2.22. The maximum atomic E-state index is 12.4. The lowest BCUT2D eigenvalue weighted by Crippen LogP contribution is -2.30. The van der Waals surface area contributed by atoms with Crippen molar-refractivity contribution in [2.24, 2.45) is 0 Å². The zero-order valence-corrected chi connectivity index (χ0v) is 12.4. The highest BCUT2D eigenvalue weighted by Gasteiger charge is 2.21. The smallest absolute Gasteiger partial charge is 0.255 e. The number of hydrogen-bond donors (Lipinski definition) is 0. The number of carbonyl (C=O) groups excluding carboxylic acids is 1. The van der Waals surface area contributed by atoms with Crippen LogP contribution >= 0.6 is 22.6 Å². The molecule has 94 valence electrons. The molecule has 1 aromatic carbocycles. The molecule has 3 nitrogen and oxygen atoms in total. The zero-order chi connectivity index (χ0) is 13.1. The van der Waals surface area contributed by atoms with E-state index < -0.39 is 0 Å². The van der Waals surface area contributed by atoms with Crippen molar-refractivity contribution in [2.45, 2.75) is 13.0 Å². The Morgan fingerprint density at radius 2 is 2.00 bits per heavy atom. The molecule has 0 bridgehead atoms. The van der Waals surface area contributed by atoms with Crippen LogP contribution in [-0.4, -0.2) is 17.9 Å². The van der Waals surface area contributed by atoms with E-state index in [4.69, 9.17) is 4.42 Å². The second-order valence-electron chi connectivity index (χ2n) is 4.09. The Morgan fingerprint density at radius 1 is 1.28 bits per heavy atom. The van der Waals surface area contributed by atoms with Gasteiger partial charge >= 0.3 is 0 Å². The molecule has 0 saturated carbocycles. The molecule has 0 aliphatic heterocycles. The van der Waals surface area contributed by atoms with Gasteiger partial charge in [-0.05, 0) is 53.8 Å². The van der Waals surface area contributed by atoms with Crippen molar-refractivity contribution in [1.29, 1.82) is 0 Å². The Bertz CT molecular complexity index is 536. The van der Waals surface area contributed by atoms with E-state index in [0.29, 0.717) is 0 Å². The molecule has 1 aromatic heterocycles. The first-order valence-electron chi connectivity index (χ1n) is 5.66. The Hall–Kier alpha value is -1.30. The van der Waals surface area contributed by atoms with Gasteiger partial charge in [0.2, 0.25) is 0 Å². The number of amides is 1. The van der Waals surface area contributed by atoms with Gasteiger partial charge < -0.3 is 9.32 Å². The fraction of sp³-hybridized carbons (Fsp3) is 0.214. The van der Waals surface area contributed by atoms with Gasteiger partial charge in [0.05, 0.1) is 17.9 Å². The minimum Gasteiger partial charge on any atom is -0.467 e. The van der Waals surface area contributed by atoms with E-state index in [1.165, 1.54) is 0 Å². The maximum absolute atomic E-state index is 12.4. The summed E-state index contributed by atoms with van der Waals surface area (Å²) in [4.78, 5) is 14.1. The third kappa shape index (κ3) is 2.58. The standard InChI is InChI=1S/C14H14INO2/c1-10(13-8-5-9-18-13)16(2)14(17)11-6-3-4-7-12(11)15/h3-10H,1-2H3. The van der Waals surface area contributed by atoms with Crippen LogP contribution in [0.5, 0.6) is 0 Å². The van der Waals surface area contributed by atoms with Crippen molar-refractivity contribution < 1.29 is 9.21 Å². The summed E-state index contributed by atoms with van der Waals surface area (Å²) < 4.78 is 6.29. The first-order chi connectivity index (χ1) is 8.61. The predicted octanol–water partition coefficient (Wildman–Crippen LogP) is 3.72. The van der Waals surface area contributed by atoms with E-state index in [-0.39, 0.29) is 11.9 Å². The van der Waals surface area contributed by atoms with E-state index >= 15 is 0 Å². The van der Waals surface area contributed by atoms with Crippen molar-refractivity contribution >= 4 is 28.5 Å². The van der Waals surface area contributed by atoms with E-state index in [1.54, 1.807) is 18.2 Å². The maximum Gasteiger partial charge on any atom is 0.255 e. The lowest BCUT2D eigenvalue weighted by atomic mass is 10.1. The number of furan rings is 1. The molecular formula is C14H14INO2. The summed E-state index contributed by atoms with van der Waals surface area (Å²) in [6.07, 6.45) is 1.62. The Kier molecular flexibility index (Phi) is 4.06. The quantitative estimate of drug-likeness (QED) is 0.787. The van der Waals surface area contributed by atoms with Gasteiger partial charge in [-0.25, -0.2) is 0 Å². The lowest BCUT2D eigenvalue weighted by Gasteiger charge is -2.23. The van der Waals surface area contributed by atoms with Crippen molar-refractivity contribution in [3.05, 3.63) is 57.6 Å². The molecule has 1 amide bonds. The van der Waals surface area contributed by atoms with Gasteiger partial charge in [-0.1, -0.05) is 12.1 Å². The number of halogens is 1. The van der Waals surface area contributed by atoms with Crippen LogP contribution in [0.4, 0.5) is 0 Å². The number of nitrogens with zero attached hydrogens (tertiary/aromatic N) is 1. The van der Waals surface area contributed by atoms with Crippen molar-refractivity contribution in [3.8, 4) is 0 Å². The summed E-state index contributed by atoms with van der Waals surface area (Å²) in [6, 6.07) is 11.2. The topological polar surface area (TPSA) is 33.5 Å². The highest BCUT2D eigenvalue weighted by atomic mass is 127. The van der Waals surface area contributed by atoms with Crippen LogP contribution in [0.25, 0.3) is 0 Å². The van der Waals surface area contributed by atoms with Gasteiger partial charge in [0.1, 0.15) is 5.76 Å². The van der Waals surface area contributed by atoms with Crippen LogP contribution in [0.1, 0.15) is 29.1 Å². The van der Waals surface area contributed by atoms with Gasteiger partial charge in [-0.3, -0.25) is 4.79 Å². The molecule has 0 spiro atoms. The van der Waals surface area contributed by atoms with Crippen LogP contribution in [0, 0.1) is 3.57 Å². The molecular weight excluding hydrogens is 341 g/mol. The molecule has 0 aliphatic rings. The molecule has 4 heteroatoms. The van der Waals surface area contributed by atoms with E-state index in [1.807, 2.05) is 43.3 Å². The monoisotopic (exact) mass is 355 g/mol. The SMILES string of the molecule is CC(c1ccco1)N(C)C(=O)c1ccccc1I. The van der Waals surface area contributed by atoms with E-state index in [9.17, 15) is 4.79 Å². The van der Waals surface area contributed by atoms with Gasteiger partial charge in [-0.15, -0.1) is 0 Å². The van der Waals surface area contributed by atoms with Crippen LogP contribution in [-0.2, 0) is 0 Å². The Labute approximate surface area is 120 Å². The Morgan fingerprint density at radius 3 is 2.61 bits per heavy atom. The molecule has 0 N–H and O–H groups in total. The van der Waals surface area contributed by atoms with Gasteiger partial charge in [0.15, 0.2) is 0 Å². The summed E-state index contributed by atoms with van der Waals surface area (Å²) in [7, 11) is 1.79. The van der Waals surface area contributed by atoms with E-state index in [0.717, 1.165) is 14.9 Å². The number of hydrogen-bond acceptors (Lipinski definition) is 2.